The molecule has 0 saturated carbocycles. The van der Waals surface area contributed by atoms with Gasteiger partial charge in [-0.2, -0.15) is 0 Å². The van der Waals surface area contributed by atoms with Crippen molar-refractivity contribution in [3.05, 3.63) is 51.0 Å². The molecule has 5 nitrogen and oxygen atoms in total. The van der Waals surface area contributed by atoms with Crippen molar-refractivity contribution < 1.29 is 9.59 Å². The number of carbonyl (C=O) groups is 2. The molecule has 0 atom stereocenters. The maximum atomic E-state index is 12.9. The number of thiazole rings is 1. The van der Waals surface area contributed by atoms with Crippen LogP contribution in [0.3, 0.4) is 0 Å². The maximum Gasteiger partial charge on any atom is 0.254 e. The Morgan fingerprint density at radius 1 is 1.24 bits per heavy atom. The molecule has 0 unspecified atom stereocenters. The third-order valence-corrected chi connectivity index (χ3v) is 6.57. The number of aromatic nitrogens is 1. The SMILES string of the molecule is Cc1ccc(C(=O)N2CCC(c3nc(CCNC(=O)C(C)C)cs3)CC2)c(C)c1. The highest BCUT2D eigenvalue weighted by Crippen LogP contribution is 2.31. The van der Waals surface area contributed by atoms with Gasteiger partial charge in [0.25, 0.3) is 5.91 Å². The summed E-state index contributed by atoms with van der Waals surface area (Å²) in [6.07, 6.45) is 2.67. The Kier molecular flexibility index (Phi) is 7.06. The van der Waals surface area contributed by atoms with Crippen LogP contribution in [0.4, 0.5) is 0 Å². The molecule has 1 aromatic heterocycles. The molecule has 6 heteroatoms. The van der Waals surface area contributed by atoms with E-state index in [2.05, 4.69) is 16.8 Å². The molecule has 1 aromatic carbocycles. The molecule has 1 aliphatic rings. The van der Waals surface area contributed by atoms with Gasteiger partial charge in [0.05, 0.1) is 10.7 Å². The predicted octanol–water partition coefficient (Wildman–Crippen LogP) is 4.09. The van der Waals surface area contributed by atoms with Gasteiger partial charge in [-0.3, -0.25) is 9.59 Å². The number of hydrogen-bond acceptors (Lipinski definition) is 4. The third kappa shape index (κ3) is 5.44. The molecule has 0 aliphatic carbocycles. The molecule has 3 rings (SSSR count). The number of likely N-dealkylation sites (tertiary alicyclic amines) is 1. The van der Waals surface area contributed by atoms with Crippen LogP contribution in [0.15, 0.2) is 23.6 Å². The van der Waals surface area contributed by atoms with Crippen molar-refractivity contribution in [2.24, 2.45) is 5.92 Å². The molecule has 0 radical (unpaired) electrons. The Morgan fingerprint density at radius 3 is 2.62 bits per heavy atom. The number of nitrogens with zero attached hydrogens (tertiary/aromatic N) is 2. The van der Waals surface area contributed by atoms with E-state index in [0.29, 0.717) is 12.5 Å². The number of aryl methyl sites for hydroxylation is 2. The molecule has 1 fully saturated rings. The smallest absolute Gasteiger partial charge is 0.254 e. The number of piperidine rings is 1. The highest BCUT2D eigenvalue weighted by Gasteiger charge is 2.27. The largest absolute Gasteiger partial charge is 0.355 e. The van der Waals surface area contributed by atoms with Gasteiger partial charge in [0, 0.05) is 48.8 Å². The summed E-state index contributed by atoms with van der Waals surface area (Å²) in [6, 6.07) is 6.03. The molecule has 2 amide bonds. The maximum absolute atomic E-state index is 12.9. The normalized spacial score (nSPS) is 15.0. The summed E-state index contributed by atoms with van der Waals surface area (Å²) in [5, 5.41) is 6.20. The van der Waals surface area contributed by atoms with E-state index in [1.165, 1.54) is 5.56 Å². The fourth-order valence-corrected chi connectivity index (χ4v) is 4.72. The van der Waals surface area contributed by atoms with Crippen LogP contribution in [0.5, 0.6) is 0 Å². The second kappa shape index (κ2) is 9.53. The van der Waals surface area contributed by atoms with Crippen LogP contribution in [0.1, 0.15) is 64.8 Å². The van der Waals surface area contributed by atoms with Crippen molar-refractivity contribution in [2.45, 2.75) is 52.9 Å². The molecular weight excluding hydrogens is 382 g/mol. The molecule has 0 bridgehead atoms. The van der Waals surface area contributed by atoms with E-state index in [9.17, 15) is 9.59 Å². The first-order valence-electron chi connectivity index (χ1n) is 10.4. The van der Waals surface area contributed by atoms with Crippen LogP contribution >= 0.6 is 11.3 Å². The van der Waals surface area contributed by atoms with Gasteiger partial charge in [-0.1, -0.05) is 31.5 Å². The van der Waals surface area contributed by atoms with Gasteiger partial charge in [-0.05, 0) is 38.3 Å². The summed E-state index contributed by atoms with van der Waals surface area (Å²) in [5.74, 6) is 0.655. The lowest BCUT2D eigenvalue weighted by Gasteiger charge is -2.31. The van der Waals surface area contributed by atoms with Gasteiger partial charge in [0.1, 0.15) is 0 Å². The van der Waals surface area contributed by atoms with Crippen LogP contribution in [0.25, 0.3) is 0 Å². The number of benzene rings is 1. The van der Waals surface area contributed by atoms with E-state index in [4.69, 9.17) is 4.98 Å². The first-order chi connectivity index (χ1) is 13.8. The zero-order chi connectivity index (χ0) is 21.0. The van der Waals surface area contributed by atoms with E-state index in [1.807, 2.05) is 44.7 Å². The van der Waals surface area contributed by atoms with Crippen molar-refractivity contribution in [3.8, 4) is 0 Å². The Morgan fingerprint density at radius 2 is 1.97 bits per heavy atom. The number of nitrogens with one attached hydrogen (secondary N) is 1. The molecular formula is C23H31N3O2S. The van der Waals surface area contributed by atoms with E-state index < -0.39 is 0 Å². The van der Waals surface area contributed by atoms with Gasteiger partial charge in [0.15, 0.2) is 0 Å². The lowest BCUT2D eigenvalue weighted by atomic mass is 9.96. The topological polar surface area (TPSA) is 62.3 Å². The van der Waals surface area contributed by atoms with Gasteiger partial charge in [0.2, 0.25) is 5.91 Å². The highest BCUT2D eigenvalue weighted by molar-refractivity contribution is 7.09. The lowest BCUT2D eigenvalue weighted by Crippen LogP contribution is -2.38. The molecule has 2 aromatic rings. The molecule has 2 heterocycles. The number of carbonyl (C=O) groups excluding carboxylic acids is 2. The second-order valence-electron chi connectivity index (χ2n) is 8.26. The Balaban J connectivity index is 1.51. The fourth-order valence-electron chi connectivity index (χ4n) is 3.70. The summed E-state index contributed by atoms with van der Waals surface area (Å²) in [6.45, 7) is 10.0. The average molecular weight is 414 g/mol. The molecule has 1 saturated heterocycles. The minimum atomic E-state index is 0.0117. The Labute approximate surface area is 177 Å². The summed E-state index contributed by atoms with van der Waals surface area (Å²) >= 11 is 1.70. The zero-order valence-electron chi connectivity index (χ0n) is 17.8. The standard InChI is InChI=1S/C23H31N3O2S/c1-15(2)21(27)24-10-7-19-14-29-22(25-19)18-8-11-26(12-9-18)23(28)20-6-5-16(3)13-17(20)4/h5-6,13-15,18H,7-12H2,1-4H3,(H,24,27). The van der Waals surface area contributed by atoms with Crippen molar-refractivity contribution >= 4 is 23.2 Å². The molecule has 0 spiro atoms. The zero-order valence-corrected chi connectivity index (χ0v) is 18.6. The first-order valence-corrected chi connectivity index (χ1v) is 11.3. The summed E-state index contributed by atoms with van der Waals surface area (Å²) in [4.78, 5) is 31.3. The first kappa shape index (κ1) is 21.5. The predicted molar refractivity (Wildman–Crippen MR) is 117 cm³/mol. The summed E-state index contributed by atoms with van der Waals surface area (Å²) in [5.41, 5.74) is 4.09. The van der Waals surface area contributed by atoms with Gasteiger partial charge in [-0.15, -0.1) is 11.3 Å². The average Bonchev–Trinajstić information content (AvgIpc) is 3.16. The van der Waals surface area contributed by atoms with E-state index in [-0.39, 0.29) is 17.7 Å². The van der Waals surface area contributed by atoms with E-state index >= 15 is 0 Å². The molecule has 29 heavy (non-hydrogen) atoms. The van der Waals surface area contributed by atoms with Crippen LogP contribution in [-0.2, 0) is 11.2 Å². The van der Waals surface area contributed by atoms with Gasteiger partial charge < -0.3 is 10.2 Å². The van der Waals surface area contributed by atoms with Crippen molar-refractivity contribution in [2.75, 3.05) is 19.6 Å². The molecule has 156 valence electrons. The van der Waals surface area contributed by atoms with Crippen molar-refractivity contribution in [1.29, 1.82) is 0 Å². The van der Waals surface area contributed by atoms with Crippen LogP contribution < -0.4 is 5.32 Å². The van der Waals surface area contributed by atoms with Crippen molar-refractivity contribution in [1.82, 2.24) is 15.2 Å². The molecule has 1 aliphatic heterocycles. The number of rotatable bonds is 6. The van der Waals surface area contributed by atoms with Gasteiger partial charge in [-0.25, -0.2) is 4.98 Å². The van der Waals surface area contributed by atoms with Gasteiger partial charge >= 0.3 is 0 Å². The van der Waals surface area contributed by atoms with Crippen LogP contribution in [0, 0.1) is 19.8 Å². The second-order valence-corrected chi connectivity index (χ2v) is 9.15. The van der Waals surface area contributed by atoms with Crippen LogP contribution in [0.2, 0.25) is 0 Å². The van der Waals surface area contributed by atoms with Crippen molar-refractivity contribution in [3.63, 3.8) is 0 Å². The minimum Gasteiger partial charge on any atom is -0.355 e. The summed E-state index contributed by atoms with van der Waals surface area (Å²) in [7, 11) is 0. The Hall–Kier alpha value is -2.21. The van der Waals surface area contributed by atoms with E-state index in [0.717, 1.165) is 54.2 Å². The van der Waals surface area contributed by atoms with Crippen LogP contribution in [-0.4, -0.2) is 41.3 Å². The minimum absolute atomic E-state index is 0.0117. The highest BCUT2D eigenvalue weighted by atomic mass is 32.1. The third-order valence-electron chi connectivity index (χ3n) is 5.52. The quantitative estimate of drug-likeness (QED) is 0.776. The fraction of sp³-hybridized carbons (Fsp3) is 0.522. The molecule has 1 N–H and O–H groups in total. The number of hydrogen-bond donors (Lipinski definition) is 1. The monoisotopic (exact) mass is 413 g/mol. The summed E-state index contributed by atoms with van der Waals surface area (Å²) < 4.78 is 0. The number of amides is 2. The van der Waals surface area contributed by atoms with E-state index in [1.54, 1.807) is 11.3 Å². The Bertz CT molecular complexity index is 867. The lowest BCUT2D eigenvalue weighted by molar-refractivity contribution is -0.123.